The lowest BCUT2D eigenvalue weighted by atomic mass is 9.93. The Balaban J connectivity index is 1.14. The number of carbonyl (C=O) groups is 1. The Labute approximate surface area is 191 Å². The van der Waals surface area contributed by atoms with Crippen LogP contribution in [0, 0.1) is 13.8 Å². The largest absolute Gasteiger partial charge is 0.460 e. The van der Waals surface area contributed by atoms with Crippen molar-refractivity contribution in [2.45, 2.75) is 88.6 Å². The van der Waals surface area contributed by atoms with Gasteiger partial charge in [0.1, 0.15) is 6.10 Å². The number of hydrogen-bond donors (Lipinski definition) is 1. The fourth-order valence-corrected chi connectivity index (χ4v) is 6.18. The molecule has 0 saturated heterocycles. The van der Waals surface area contributed by atoms with Crippen LogP contribution in [-0.4, -0.2) is 43.3 Å². The molecule has 9 heteroatoms. The lowest BCUT2D eigenvalue weighted by Gasteiger charge is -2.29. The molecule has 2 aliphatic carbocycles. The molecule has 0 aromatic carbocycles. The molecule has 1 unspecified atom stereocenters. The maximum absolute atomic E-state index is 12.9. The third kappa shape index (κ3) is 4.40. The van der Waals surface area contributed by atoms with E-state index in [0.717, 1.165) is 78.5 Å². The van der Waals surface area contributed by atoms with E-state index < -0.39 is 0 Å². The molecule has 1 saturated carbocycles. The Morgan fingerprint density at radius 3 is 2.66 bits per heavy atom. The number of thioether (sulfide) groups is 1. The number of nitrogens with zero attached hydrogens (tertiary/aromatic N) is 4. The monoisotopic (exact) mass is 455 g/mol. The van der Waals surface area contributed by atoms with E-state index in [0.29, 0.717) is 12.4 Å². The van der Waals surface area contributed by atoms with E-state index in [9.17, 15) is 9.59 Å². The van der Waals surface area contributed by atoms with Crippen LogP contribution in [-0.2, 0) is 17.6 Å². The minimum absolute atomic E-state index is 0.0119. The molecule has 3 heterocycles. The standard InChI is InChI=1S/C23H29N5O3S/c1-13-10-14(2)25-22(24-13)31-17-8-6-15(7-9-17)26-20(29)11-16-12-32-23-27-19-5-3-4-18(19)21(30)28(16)23/h10,15-17H,3-9,11-12H2,1-2H3,(H,26,29). The van der Waals surface area contributed by atoms with E-state index in [-0.39, 0.29) is 29.7 Å². The van der Waals surface area contributed by atoms with Crippen molar-refractivity contribution in [2.24, 2.45) is 0 Å². The molecule has 8 nitrogen and oxygen atoms in total. The van der Waals surface area contributed by atoms with E-state index in [2.05, 4.69) is 15.3 Å². The number of aromatic nitrogens is 4. The molecule has 1 N–H and O–H groups in total. The lowest BCUT2D eigenvalue weighted by molar-refractivity contribution is -0.122. The molecule has 1 amide bonds. The van der Waals surface area contributed by atoms with Gasteiger partial charge in [0.2, 0.25) is 5.91 Å². The Morgan fingerprint density at radius 2 is 1.91 bits per heavy atom. The molecule has 5 rings (SSSR count). The van der Waals surface area contributed by atoms with Gasteiger partial charge in [-0.2, -0.15) is 0 Å². The van der Waals surface area contributed by atoms with Gasteiger partial charge < -0.3 is 10.1 Å². The molecular weight excluding hydrogens is 426 g/mol. The second kappa shape index (κ2) is 8.84. The number of ether oxygens (including phenoxy) is 1. The molecule has 0 radical (unpaired) electrons. The van der Waals surface area contributed by atoms with Crippen LogP contribution >= 0.6 is 11.8 Å². The molecule has 3 aliphatic rings. The average Bonchev–Trinajstić information content (AvgIpc) is 3.36. The van der Waals surface area contributed by atoms with Gasteiger partial charge in [-0.25, -0.2) is 15.0 Å². The van der Waals surface area contributed by atoms with E-state index in [1.807, 2.05) is 19.9 Å². The van der Waals surface area contributed by atoms with Gasteiger partial charge in [-0.1, -0.05) is 11.8 Å². The minimum Gasteiger partial charge on any atom is -0.460 e. The van der Waals surface area contributed by atoms with Gasteiger partial charge in [0, 0.05) is 35.2 Å². The summed E-state index contributed by atoms with van der Waals surface area (Å²) in [5, 5.41) is 3.96. The maximum atomic E-state index is 12.9. The lowest BCUT2D eigenvalue weighted by Crippen LogP contribution is -2.41. The molecule has 2 aromatic heterocycles. The summed E-state index contributed by atoms with van der Waals surface area (Å²) >= 11 is 1.59. The summed E-state index contributed by atoms with van der Waals surface area (Å²) in [6.45, 7) is 3.87. The highest BCUT2D eigenvalue weighted by molar-refractivity contribution is 7.99. The average molecular weight is 456 g/mol. The molecule has 170 valence electrons. The van der Waals surface area contributed by atoms with Gasteiger partial charge in [0.25, 0.3) is 5.56 Å². The van der Waals surface area contributed by atoms with Crippen LogP contribution in [0.5, 0.6) is 6.01 Å². The van der Waals surface area contributed by atoms with E-state index >= 15 is 0 Å². The first-order valence-corrected chi connectivity index (χ1v) is 12.5. The summed E-state index contributed by atoms with van der Waals surface area (Å²) in [5.74, 6) is 0.743. The number of aryl methyl sites for hydroxylation is 3. The quantitative estimate of drug-likeness (QED) is 0.692. The molecule has 1 aliphatic heterocycles. The Kier molecular flexibility index (Phi) is 5.92. The molecule has 0 bridgehead atoms. The van der Waals surface area contributed by atoms with Crippen molar-refractivity contribution in [3.8, 4) is 6.01 Å². The number of hydrogen-bond acceptors (Lipinski definition) is 7. The maximum Gasteiger partial charge on any atom is 0.317 e. The summed E-state index contributed by atoms with van der Waals surface area (Å²) in [7, 11) is 0. The second-order valence-electron chi connectivity index (χ2n) is 9.11. The summed E-state index contributed by atoms with van der Waals surface area (Å²) in [6.07, 6.45) is 6.56. The van der Waals surface area contributed by atoms with Crippen LogP contribution in [0.15, 0.2) is 16.0 Å². The van der Waals surface area contributed by atoms with Crippen LogP contribution in [0.4, 0.5) is 0 Å². The molecule has 32 heavy (non-hydrogen) atoms. The van der Waals surface area contributed by atoms with Crippen LogP contribution in [0.1, 0.15) is 67.2 Å². The number of rotatable bonds is 5. The van der Waals surface area contributed by atoms with Gasteiger partial charge in [-0.05, 0) is 64.9 Å². The van der Waals surface area contributed by atoms with Crippen LogP contribution in [0.3, 0.4) is 0 Å². The second-order valence-corrected chi connectivity index (χ2v) is 10.1. The zero-order valence-electron chi connectivity index (χ0n) is 18.6. The van der Waals surface area contributed by atoms with Crippen molar-refractivity contribution < 1.29 is 9.53 Å². The van der Waals surface area contributed by atoms with Gasteiger partial charge >= 0.3 is 6.01 Å². The number of fused-ring (bicyclic) bond motifs is 2. The summed E-state index contributed by atoms with van der Waals surface area (Å²) in [5.41, 5.74) is 3.69. The first-order chi connectivity index (χ1) is 15.5. The predicted octanol–water partition coefficient (Wildman–Crippen LogP) is 2.68. The normalized spacial score (nSPS) is 24.1. The SMILES string of the molecule is Cc1cc(C)nc(OC2CCC(NC(=O)CC3CSc4nc5c(c(=O)n43)CCC5)CC2)n1. The highest BCUT2D eigenvalue weighted by Gasteiger charge is 2.32. The van der Waals surface area contributed by atoms with Crippen molar-refractivity contribution in [3.05, 3.63) is 39.1 Å². The molecule has 2 aromatic rings. The predicted molar refractivity (Wildman–Crippen MR) is 121 cm³/mol. The van der Waals surface area contributed by atoms with Crippen LogP contribution < -0.4 is 15.6 Å². The molecule has 1 atom stereocenters. The smallest absolute Gasteiger partial charge is 0.317 e. The number of amides is 1. The number of nitrogens with one attached hydrogen (secondary N) is 1. The summed E-state index contributed by atoms with van der Waals surface area (Å²) in [4.78, 5) is 39.1. The fraction of sp³-hybridized carbons (Fsp3) is 0.609. The Morgan fingerprint density at radius 1 is 1.16 bits per heavy atom. The van der Waals surface area contributed by atoms with Crippen molar-refractivity contribution in [1.82, 2.24) is 24.8 Å². The summed E-state index contributed by atoms with van der Waals surface area (Å²) < 4.78 is 7.75. The number of carbonyl (C=O) groups excluding carboxylic acids is 1. The van der Waals surface area contributed by atoms with Gasteiger partial charge in [-0.3, -0.25) is 14.2 Å². The first kappa shape index (κ1) is 21.4. The van der Waals surface area contributed by atoms with E-state index in [1.54, 1.807) is 16.3 Å². The van der Waals surface area contributed by atoms with Crippen molar-refractivity contribution in [1.29, 1.82) is 0 Å². The highest BCUT2D eigenvalue weighted by Crippen LogP contribution is 2.34. The molecule has 0 spiro atoms. The third-order valence-electron chi connectivity index (χ3n) is 6.57. The van der Waals surface area contributed by atoms with Gasteiger partial charge in [0.15, 0.2) is 5.16 Å². The van der Waals surface area contributed by atoms with Crippen LogP contribution in [0.2, 0.25) is 0 Å². The minimum atomic E-state index is -0.109. The van der Waals surface area contributed by atoms with Gasteiger partial charge in [-0.15, -0.1) is 0 Å². The fourth-order valence-electron chi connectivity index (χ4n) is 5.02. The Bertz CT molecular complexity index is 1070. The van der Waals surface area contributed by atoms with E-state index in [1.165, 1.54) is 0 Å². The molecule has 1 fully saturated rings. The van der Waals surface area contributed by atoms with E-state index in [4.69, 9.17) is 9.72 Å². The highest BCUT2D eigenvalue weighted by atomic mass is 32.2. The van der Waals surface area contributed by atoms with Crippen molar-refractivity contribution in [2.75, 3.05) is 5.75 Å². The summed E-state index contributed by atoms with van der Waals surface area (Å²) in [6, 6.07) is 2.41. The van der Waals surface area contributed by atoms with Crippen LogP contribution in [0.25, 0.3) is 0 Å². The Hall–Kier alpha value is -2.42. The third-order valence-corrected chi connectivity index (χ3v) is 7.66. The zero-order chi connectivity index (χ0) is 22.2. The zero-order valence-corrected chi connectivity index (χ0v) is 19.4. The topological polar surface area (TPSA) is 99.0 Å². The van der Waals surface area contributed by atoms with Crippen molar-refractivity contribution >= 4 is 17.7 Å². The van der Waals surface area contributed by atoms with Crippen molar-refractivity contribution in [3.63, 3.8) is 0 Å². The molecular formula is C23H29N5O3S. The van der Waals surface area contributed by atoms with Gasteiger partial charge in [0.05, 0.1) is 11.7 Å². The first-order valence-electron chi connectivity index (χ1n) is 11.5.